The lowest BCUT2D eigenvalue weighted by atomic mass is 9.87. The van der Waals surface area contributed by atoms with Gasteiger partial charge in [0.15, 0.2) is 5.60 Å². The smallest absolute Gasteiger partial charge is 0.210 e. The second-order valence-corrected chi connectivity index (χ2v) is 4.32. The molecule has 4 heteroatoms. The van der Waals surface area contributed by atoms with Gasteiger partial charge in [0.1, 0.15) is 11.6 Å². The van der Waals surface area contributed by atoms with E-state index in [9.17, 15) is 9.18 Å². The topological polar surface area (TPSA) is 38.3 Å². The lowest BCUT2D eigenvalue weighted by Gasteiger charge is -2.31. The molecule has 1 N–H and O–H groups in total. The number of ether oxygens (including phenoxy) is 1. The first-order chi connectivity index (χ1) is 7.71. The number of benzene rings is 1. The number of rotatable bonds is 0. The Bertz CT molecular complexity index is 452. The number of ketones is 1. The van der Waals surface area contributed by atoms with Gasteiger partial charge in [-0.15, -0.1) is 0 Å². The summed E-state index contributed by atoms with van der Waals surface area (Å²) in [5, 5.41) is 3.19. The zero-order valence-corrected chi connectivity index (χ0v) is 8.75. The number of nitrogens with one attached hydrogen (secondary N) is 1. The number of Topliss-reactive ketones (excluding diaryl/α,β-unsaturated/α-hetero) is 1. The van der Waals surface area contributed by atoms with Crippen molar-refractivity contribution in [2.75, 3.05) is 13.1 Å². The predicted octanol–water partition coefficient (Wildman–Crippen LogP) is 1.52. The number of piperidine rings is 1. The number of carbonyl (C=O) groups is 1. The quantitative estimate of drug-likeness (QED) is 0.722. The molecule has 0 aliphatic carbocycles. The van der Waals surface area contributed by atoms with Crippen molar-refractivity contribution in [3.8, 4) is 5.75 Å². The van der Waals surface area contributed by atoms with Crippen LogP contribution in [0, 0.1) is 5.82 Å². The van der Waals surface area contributed by atoms with E-state index in [0.29, 0.717) is 24.2 Å². The maximum absolute atomic E-state index is 13.1. The summed E-state index contributed by atoms with van der Waals surface area (Å²) < 4.78 is 18.8. The van der Waals surface area contributed by atoms with E-state index in [2.05, 4.69) is 5.32 Å². The largest absolute Gasteiger partial charge is 0.478 e. The summed E-state index contributed by atoms with van der Waals surface area (Å²) in [6.45, 7) is 1.53. The van der Waals surface area contributed by atoms with Gasteiger partial charge < -0.3 is 10.1 Å². The monoisotopic (exact) mass is 221 g/mol. The zero-order chi connectivity index (χ0) is 11.2. The van der Waals surface area contributed by atoms with Crippen molar-refractivity contribution in [2.45, 2.75) is 18.4 Å². The van der Waals surface area contributed by atoms with Gasteiger partial charge in [0, 0.05) is 12.8 Å². The minimum atomic E-state index is -0.735. The van der Waals surface area contributed by atoms with E-state index in [-0.39, 0.29) is 11.6 Å². The van der Waals surface area contributed by atoms with E-state index < -0.39 is 5.60 Å². The summed E-state index contributed by atoms with van der Waals surface area (Å²) in [6.07, 6.45) is 1.31. The van der Waals surface area contributed by atoms with Crippen LogP contribution in [0.5, 0.6) is 5.75 Å². The van der Waals surface area contributed by atoms with Crippen molar-refractivity contribution in [3.63, 3.8) is 0 Å². The lowest BCUT2D eigenvalue weighted by molar-refractivity contribution is 0.0424. The molecule has 1 fully saturated rings. The highest BCUT2D eigenvalue weighted by Crippen LogP contribution is 2.39. The standard InChI is InChI=1S/C12H12FNO2/c13-8-1-2-10-9(7-8)11(15)12(16-10)3-5-14-6-4-12/h1-2,7,14H,3-6H2. The van der Waals surface area contributed by atoms with Crippen molar-refractivity contribution in [1.82, 2.24) is 5.32 Å². The maximum atomic E-state index is 13.1. The van der Waals surface area contributed by atoms with Gasteiger partial charge in [-0.05, 0) is 31.3 Å². The summed E-state index contributed by atoms with van der Waals surface area (Å²) in [5.41, 5.74) is -0.344. The zero-order valence-electron chi connectivity index (χ0n) is 8.75. The third kappa shape index (κ3) is 1.26. The van der Waals surface area contributed by atoms with Crippen molar-refractivity contribution in [2.24, 2.45) is 0 Å². The van der Waals surface area contributed by atoms with Crippen LogP contribution in [0.25, 0.3) is 0 Å². The molecule has 2 aliphatic heterocycles. The van der Waals surface area contributed by atoms with Crippen molar-refractivity contribution >= 4 is 5.78 Å². The van der Waals surface area contributed by atoms with Crippen LogP contribution >= 0.6 is 0 Å². The summed E-state index contributed by atoms with van der Waals surface area (Å²) in [7, 11) is 0. The summed E-state index contributed by atoms with van der Waals surface area (Å²) in [6, 6.07) is 4.14. The Morgan fingerprint density at radius 2 is 2.06 bits per heavy atom. The molecule has 84 valence electrons. The summed E-state index contributed by atoms with van der Waals surface area (Å²) in [5.74, 6) is 0.0680. The second-order valence-electron chi connectivity index (χ2n) is 4.32. The lowest BCUT2D eigenvalue weighted by Crippen LogP contribution is -2.49. The molecule has 0 atom stereocenters. The average molecular weight is 221 g/mol. The van der Waals surface area contributed by atoms with Gasteiger partial charge in [0.2, 0.25) is 5.78 Å². The van der Waals surface area contributed by atoms with Crippen LogP contribution in [0.4, 0.5) is 4.39 Å². The Morgan fingerprint density at radius 3 is 2.81 bits per heavy atom. The van der Waals surface area contributed by atoms with Crippen LogP contribution in [0.1, 0.15) is 23.2 Å². The Morgan fingerprint density at radius 1 is 1.31 bits per heavy atom. The van der Waals surface area contributed by atoms with Gasteiger partial charge in [-0.3, -0.25) is 4.79 Å². The van der Waals surface area contributed by atoms with E-state index in [1.807, 2.05) is 0 Å². The third-order valence-electron chi connectivity index (χ3n) is 3.32. The van der Waals surface area contributed by atoms with Crippen molar-refractivity contribution in [3.05, 3.63) is 29.6 Å². The van der Waals surface area contributed by atoms with Crippen LogP contribution in [-0.4, -0.2) is 24.5 Å². The molecule has 2 heterocycles. The molecule has 0 unspecified atom stereocenters. The molecule has 0 radical (unpaired) electrons. The Labute approximate surface area is 92.6 Å². The predicted molar refractivity (Wildman–Crippen MR) is 56.2 cm³/mol. The molecule has 1 saturated heterocycles. The fourth-order valence-electron chi connectivity index (χ4n) is 2.43. The molecular formula is C12H12FNO2. The third-order valence-corrected chi connectivity index (χ3v) is 3.32. The molecule has 0 amide bonds. The second kappa shape index (κ2) is 3.28. The van der Waals surface area contributed by atoms with Gasteiger partial charge in [-0.2, -0.15) is 0 Å². The van der Waals surface area contributed by atoms with E-state index in [4.69, 9.17) is 4.74 Å². The Hall–Kier alpha value is -1.42. The number of fused-ring (bicyclic) bond motifs is 1. The Kier molecular flexibility index (Phi) is 2.01. The molecule has 0 saturated carbocycles. The van der Waals surface area contributed by atoms with Crippen LogP contribution in [0.15, 0.2) is 18.2 Å². The molecule has 2 aliphatic rings. The highest BCUT2D eigenvalue weighted by atomic mass is 19.1. The normalized spacial score (nSPS) is 21.9. The fourth-order valence-corrected chi connectivity index (χ4v) is 2.43. The SMILES string of the molecule is O=C1c2cc(F)ccc2OC12CCNCC2. The van der Waals surface area contributed by atoms with Crippen LogP contribution < -0.4 is 10.1 Å². The molecule has 3 rings (SSSR count). The molecule has 0 bridgehead atoms. The van der Waals surface area contributed by atoms with Crippen LogP contribution in [-0.2, 0) is 0 Å². The summed E-state index contributed by atoms with van der Waals surface area (Å²) >= 11 is 0. The van der Waals surface area contributed by atoms with Crippen molar-refractivity contribution in [1.29, 1.82) is 0 Å². The molecule has 1 aromatic carbocycles. The average Bonchev–Trinajstić information content (AvgIpc) is 2.55. The molecule has 1 spiro atoms. The van der Waals surface area contributed by atoms with Gasteiger partial charge in [0.25, 0.3) is 0 Å². The highest BCUT2D eigenvalue weighted by molar-refractivity contribution is 6.07. The van der Waals surface area contributed by atoms with Gasteiger partial charge in [0.05, 0.1) is 5.56 Å². The van der Waals surface area contributed by atoms with Crippen LogP contribution in [0.3, 0.4) is 0 Å². The minimum absolute atomic E-state index is 0.0662. The number of hydrogen-bond donors (Lipinski definition) is 1. The number of halogens is 1. The van der Waals surface area contributed by atoms with E-state index >= 15 is 0 Å². The fraction of sp³-hybridized carbons (Fsp3) is 0.417. The van der Waals surface area contributed by atoms with Gasteiger partial charge in [-0.25, -0.2) is 4.39 Å². The number of hydrogen-bond acceptors (Lipinski definition) is 3. The van der Waals surface area contributed by atoms with Gasteiger partial charge >= 0.3 is 0 Å². The molecule has 16 heavy (non-hydrogen) atoms. The van der Waals surface area contributed by atoms with E-state index in [1.54, 1.807) is 6.07 Å². The highest BCUT2D eigenvalue weighted by Gasteiger charge is 2.48. The first-order valence-corrected chi connectivity index (χ1v) is 5.45. The van der Waals surface area contributed by atoms with E-state index in [1.165, 1.54) is 12.1 Å². The number of carbonyl (C=O) groups excluding carboxylic acids is 1. The Balaban J connectivity index is 2.02. The van der Waals surface area contributed by atoms with E-state index in [0.717, 1.165) is 13.1 Å². The maximum Gasteiger partial charge on any atom is 0.210 e. The van der Waals surface area contributed by atoms with Crippen LogP contribution in [0.2, 0.25) is 0 Å². The van der Waals surface area contributed by atoms with Crippen molar-refractivity contribution < 1.29 is 13.9 Å². The molecular weight excluding hydrogens is 209 g/mol. The molecule has 3 nitrogen and oxygen atoms in total. The van der Waals surface area contributed by atoms with Gasteiger partial charge in [-0.1, -0.05) is 0 Å². The molecule has 0 aromatic heterocycles. The first kappa shape index (κ1) is 9.78. The molecule has 1 aromatic rings. The minimum Gasteiger partial charge on any atom is -0.478 e. The first-order valence-electron chi connectivity index (χ1n) is 5.45. The summed E-state index contributed by atoms with van der Waals surface area (Å²) in [4.78, 5) is 12.2.